The highest BCUT2D eigenvalue weighted by Gasteiger charge is 2.17. The van der Waals surface area contributed by atoms with Gasteiger partial charge in [-0.15, -0.1) is 0 Å². The van der Waals surface area contributed by atoms with E-state index >= 15 is 0 Å². The van der Waals surface area contributed by atoms with Crippen LogP contribution >= 0.6 is 0 Å². The molecule has 144 valence electrons. The first-order chi connectivity index (χ1) is 12.7. The SMILES string of the molecule is CC.CCCc1cccc(N(C)NNNC=O)c1N(C)Cc1ncco1. The molecule has 0 aliphatic rings. The number of para-hydroxylation sites is 1. The Bertz CT molecular complexity index is 633. The minimum absolute atomic E-state index is 0.559. The van der Waals surface area contributed by atoms with Gasteiger partial charge in [-0.05, 0) is 18.1 Å². The van der Waals surface area contributed by atoms with Gasteiger partial charge in [-0.25, -0.2) is 4.98 Å². The van der Waals surface area contributed by atoms with Gasteiger partial charge in [-0.1, -0.05) is 39.3 Å². The van der Waals surface area contributed by atoms with E-state index in [4.69, 9.17) is 4.42 Å². The summed E-state index contributed by atoms with van der Waals surface area (Å²) in [5.41, 5.74) is 11.1. The van der Waals surface area contributed by atoms with Crippen molar-refractivity contribution in [2.45, 2.75) is 40.2 Å². The van der Waals surface area contributed by atoms with Crippen molar-refractivity contribution in [2.24, 2.45) is 0 Å². The van der Waals surface area contributed by atoms with E-state index in [1.807, 2.05) is 40.1 Å². The van der Waals surface area contributed by atoms with Gasteiger partial charge in [-0.3, -0.25) is 15.2 Å². The van der Waals surface area contributed by atoms with Crippen LogP contribution in [0.3, 0.4) is 0 Å². The lowest BCUT2D eigenvalue weighted by Gasteiger charge is -2.29. The van der Waals surface area contributed by atoms with Gasteiger partial charge in [0.2, 0.25) is 12.3 Å². The molecule has 0 spiro atoms. The summed E-state index contributed by atoms with van der Waals surface area (Å²) < 4.78 is 5.36. The fraction of sp³-hybridized carbons (Fsp3) is 0.444. The Morgan fingerprint density at radius 1 is 1.27 bits per heavy atom. The number of anilines is 2. The molecular formula is C18H30N6O2. The molecule has 8 heteroatoms. The summed E-state index contributed by atoms with van der Waals surface area (Å²) in [7, 11) is 3.88. The van der Waals surface area contributed by atoms with E-state index in [0.717, 1.165) is 24.2 Å². The average Bonchev–Trinajstić information content (AvgIpc) is 3.16. The lowest BCUT2D eigenvalue weighted by atomic mass is 10.1. The molecule has 3 N–H and O–H groups in total. The molecule has 0 bridgehead atoms. The maximum atomic E-state index is 10.4. The summed E-state index contributed by atoms with van der Waals surface area (Å²) in [4.78, 5) is 16.7. The van der Waals surface area contributed by atoms with Crippen LogP contribution in [0.2, 0.25) is 0 Å². The van der Waals surface area contributed by atoms with Crippen LogP contribution in [-0.4, -0.2) is 25.5 Å². The van der Waals surface area contributed by atoms with Crippen molar-refractivity contribution in [1.29, 1.82) is 0 Å². The van der Waals surface area contributed by atoms with Crippen LogP contribution in [0.4, 0.5) is 11.4 Å². The number of nitrogens with zero attached hydrogens (tertiary/aromatic N) is 3. The number of amides is 1. The van der Waals surface area contributed by atoms with Gasteiger partial charge in [0, 0.05) is 14.1 Å². The molecule has 0 saturated heterocycles. The number of hydrogen-bond donors (Lipinski definition) is 3. The van der Waals surface area contributed by atoms with Crippen LogP contribution in [0.15, 0.2) is 35.1 Å². The highest BCUT2D eigenvalue weighted by atomic mass is 16.3. The Kier molecular flexibility index (Phi) is 9.81. The summed E-state index contributed by atoms with van der Waals surface area (Å²) >= 11 is 0. The number of carbonyl (C=O) groups excluding carboxylic acids is 1. The van der Waals surface area contributed by atoms with E-state index in [-0.39, 0.29) is 0 Å². The van der Waals surface area contributed by atoms with Gasteiger partial charge < -0.3 is 9.32 Å². The minimum atomic E-state index is 0.559. The Labute approximate surface area is 155 Å². The molecule has 2 rings (SSSR count). The fourth-order valence-electron chi connectivity index (χ4n) is 2.58. The molecule has 1 heterocycles. The van der Waals surface area contributed by atoms with Gasteiger partial charge in [-0.2, -0.15) is 11.1 Å². The summed E-state index contributed by atoms with van der Waals surface area (Å²) in [6, 6.07) is 6.16. The first-order valence-electron chi connectivity index (χ1n) is 8.82. The number of carbonyl (C=O) groups is 1. The topological polar surface area (TPSA) is 85.7 Å². The van der Waals surface area contributed by atoms with Gasteiger partial charge in [0.1, 0.15) is 6.26 Å². The van der Waals surface area contributed by atoms with Crippen molar-refractivity contribution < 1.29 is 9.21 Å². The van der Waals surface area contributed by atoms with E-state index in [9.17, 15) is 4.79 Å². The number of oxazole rings is 1. The normalized spacial score (nSPS) is 9.88. The standard InChI is InChI=1S/C16H24N6O2.C2H6/c1-4-6-13-7-5-8-14(22(3)20-19-18-12-23)16(13)21(2)11-15-17-9-10-24-15;1-2/h5,7-10,12,19-20H,4,6,11H2,1-3H3,(H,18,23);1-2H3. The number of aromatic nitrogens is 1. The molecule has 0 aliphatic carbocycles. The summed E-state index contributed by atoms with van der Waals surface area (Å²) in [5, 5.41) is 1.80. The number of benzene rings is 1. The van der Waals surface area contributed by atoms with Crippen LogP contribution in [-0.2, 0) is 17.8 Å². The smallest absolute Gasteiger partial charge is 0.222 e. The quantitative estimate of drug-likeness (QED) is 0.340. The summed E-state index contributed by atoms with van der Waals surface area (Å²) in [6.45, 7) is 6.72. The van der Waals surface area contributed by atoms with Crippen LogP contribution in [0.25, 0.3) is 0 Å². The molecule has 1 aromatic heterocycles. The zero-order valence-electron chi connectivity index (χ0n) is 16.2. The first-order valence-corrected chi connectivity index (χ1v) is 8.82. The molecule has 2 aromatic rings. The van der Waals surface area contributed by atoms with E-state index in [1.165, 1.54) is 5.56 Å². The van der Waals surface area contributed by atoms with E-state index in [1.54, 1.807) is 17.5 Å². The van der Waals surface area contributed by atoms with Gasteiger partial charge >= 0.3 is 0 Å². The number of nitrogens with one attached hydrogen (secondary N) is 3. The molecule has 0 aliphatic heterocycles. The monoisotopic (exact) mass is 362 g/mol. The minimum Gasteiger partial charge on any atom is -0.447 e. The predicted molar refractivity (Wildman–Crippen MR) is 104 cm³/mol. The Morgan fingerprint density at radius 2 is 2.04 bits per heavy atom. The average molecular weight is 362 g/mol. The van der Waals surface area contributed by atoms with Crippen molar-refractivity contribution in [1.82, 2.24) is 21.5 Å². The second-order valence-corrected chi connectivity index (χ2v) is 5.37. The summed E-state index contributed by atoms with van der Waals surface area (Å²) in [6.07, 6.45) is 5.79. The zero-order valence-corrected chi connectivity index (χ0v) is 16.2. The fourth-order valence-corrected chi connectivity index (χ4v) is 2.58. The zero-order chi connectivity index (χ0) is 19.4. The lowest BCUT2D eigenvalue weighted by molar-refractivity contribution is -0.110. The van der Waals surface area contributed by atoms with Crippen LogP contribution in [0.1, 0.15) is 38.6 Å². The van der Waals surface area contributed by atoms with Gasteiger partial charge in [0.05, 0.1) is 24.1 Å². The largest absolute Gasteiger partial charge is 0.447 e. The van der Waals surface area contributed by atoms with Crippen molar-refractivity contribution in [2.75, 3.05) is 24.0 Å². The second kappa shape index (κ2) is 11.9. The second-order valence-electron chi connectivity index (χ2n) is 5.37. The Morgan fingerprint density at radius 3 is 2.65 bits per heavy atom. The number of hydrogen-bond acceptors (Lipinski definition) is 7. The number of aryl methyl sites for hydroxylation is 1. The summed E-state index contributed by atoms with van der Waals surface area (Å²) in [5.74, 6) is 0.658. The van der Waals surface area contributed by atoms with Crippen LogP contribution in [0.5, 0.6) is 0 Å². The van der Waals surface area contributed by atoms with Crippen LogP contribution in [0, 0.1) is 0 Å². The molecule has 0 unspecified atom stereocenters. The van der Waals surface area contributed by atoms with Crippen molar-refractivity contribution in [3.8, 4) is 0 Å². The Hall–Kier alpha value is -2.58. The highest BCUT2D eigenvalue weighted by Crippen LogP contribution is 2.32. The third-order valence-electron chi connectivity index (χ3n) is 3.57. The molecule has 0 fully saturated rings. The van der Waals surface area contributed by atoms with Crippen LogP contribution < -0.4 is 26.4 Å². The third-order valence-corrected chi connectivity index (χ3v) is 3.57. The van der Waals surface area contributed by atoms with E-state index < -0.39 is 0 Å². The Balaban J connectivity index is 0.00000163. The molecule has 1 amide bonds. The van der Waals surface area contributed by atoms with Crippen molar-refractivity contribution in [3.05, 3.63) is 42.1 Å². The highest BCUT2D eigenvalue weighted by molar-refractivity contribution is 5.74. The lowest BCUT2D eigenvalue weighted by Crippen LogP contribution is -2.51. The molecule has 1 aromatic carbocycles. The molecule has 0 atom stereocenters. The van der Waals surface area contributed by atoms with Gasteiger partial charge in [0.15, 0.2) is 0 Å². The van der Waals surface area contributed by atoms with Crippen molar-refractivity contribution in [3.63, 3.8) is 0 Å². The maximum absolute atomic E-state index is 10.4. The third kappa shape index (κ3) is 6.05. The maximum Gasteiger partial charge on any atom is 0.222 e. The predicted octanol–water partition coefficient (Wildman–Crippen LogP) is 2.40. The molecule has 26 heavy (non-hydrogen) atoms. The van der Waals surface area contributed by atoms with Gasteiger partial charge in [0.25, 0.3) is 0 Å². The number of hydrazine groups is 3. The van der Waals surface area contributed by atoms with E-state index in [0.29, 0.717) is 18.8 Å². The first kappa shape index (κ1) is 21.5. The molecular weight excluding hydrogens is 332 g/mol. The molecule has 0 saturated carbocycles. The number of rotatable bonds is 10. The van der Waals surface area contributed by atoms with E-state index in [2.05, 4.69) is 39.4 Å². The molecule has 8 nitrogen and oxygen atoms in total. The van der Waals surface area contributed by atoms with Crippen molar-refractivity contribution >= 4 is 17.8 Å². The molecule has 0 radical (unpaired) electrons.